The van der Waals surface area contributed by atoms with Crippen LogP contribution in [0, 0.1) is 5.92 Å². The quantitative estimate of drug-likeness (QED) is 0.727. The Morgan fingerprint density at radius 1 is 1.25 bits per heavy atom. The molecule has 3 nitrogen and oxygen atoms in total. The van der Waals surface area contributed by atoms with Crippen LogP contribution in [-0.2, 0) is 4.79 Å². The van der Waals surface area contributed by atoms with Crippen LogP contribution in [0.3, 0.4) is 0 Å². The third-order valence-electron chi connectivity index (χ3n) is 3.78. The van der Waals surface area contributed by atoms with Crippen LogP contribution < -0.4 is 4.90 Å². The molecule has 86 valence electrons. The van der Waals surface area contributed by atoms with Gasteiger partial charge in [-0.1, -0.05) is 0 Å². The fourth-order valence-electron chi connectivity index (χ4n) is 2.64. The third kappa shape index (κ3) is 1.75. The molecule has 0 radical (unpaired) electrons. The monoisotopic (exact) mass is 218 g/mol. The fraction of sp³-hybridized carbons (Fsp3) is 0.615. The van der Waals surface area contributed by atoms with E-state index in [2.05, 4.69) is 27.9 Å². The lowest BCUT2D eigenvalue weighted by Gasteiger charge is -2.27. The van der Waals surface area contributed by atoms with Gasteiger partial charge in [-0.3, -0.25) is 0 Å². The molecular formula is C13H18N2O. The summed E-state index contributed by atoms with van der Waals surface area (Å²) in [6.45, 7) is 2.37. The Bertz CT molecular complexity index is 379. The van der Waals surface area contributed by atoms with E-state index in [4.69, 9.17) is 0 Å². The van der Waals surface area contributed by atoms with Crippen molar-refractivity contribution in [1.82, 2.24) is 4.57 Å². The summed E-state index contributed by atoms with van der Waals surface area (Å²) in [7, 11) is 0. The molecule has 2 atom stereocenters. The summed E-state index contributed by atoms with van der Waals surface area (Å²) in [4.78, 5) is 13.1. The maximum Gasteiger partial charge on any atom is 0.125 e. The van der Waals surface area contributed by atoms with Crippen molar-refractivity contribution in [3.8, 4) is 0 Å². The van der Waals surface area contributed by atoms with Gasteiger partial charge in [0.25, 0.3) is 0 Å². The molecule has 2 unspecified atom stereocenters. The Hall–Kier alpha value is -1.25. The molecule has 0 spiro atoms. The number of hydrogen-bond donors (Lipinski definition) is 0. The highest BCUT2D eigenvalue weighted by molar-refractivity contribution is 5.59. The lowest BCUT2D eigenvalue weighted by atomic mass is 10.1. The van der Waals surface area contributed by atoms with E-state index in [9.17, 15) is 4.79 Å². The molecule has 1 aromatic heterocycles. The SMILES string of the molecule is O=CC1CC1n1ccc(N2CCCCC2)c1. The summed E-state index contributed by atoms with van der Waals surface area (Å²) in [6.07, 6.45) is 10.4. The lowest BCUT2D eigenvalue weighted by molar-refractivity contribution is -0.109. The van der Waals surface area contributed by atoms with Gasteiger partial charge in [0.15, 0.2) is 0 Å². The summed E-state index contributed by atoms with van der Waals surface area (Å²) >= 11 is 0. The third-order valence-corrected chi connectivity index (χ3v) is 3.78. The Balaban J connectivity index is 1.70. The van der Waals surface area contributed by atoms with E-state index >= 15 is 0 Å². The minimum absolute atomic E-state index is 0.265. The zero-order valence-corrected chi connectivity index (χ0v) is 9.51. The Morgan fingerprint density at radius 2 is 2.06 bits per heavy atom. The smallest absolute Gasteiger partial charge is 0.125 e. The number of rotatable bonds is 3. The lowest BCUT2D eigenvalue weighted by Crippen LogP contribution is -2.28. The highest BCUT2D eigenvalue weighted by atomic mass is 16.1. The van der Waals surface area contributed by atoms with Crippen LogP contribution in [0.4, 0.5) is 5.69 Å². The second-order valence-corrected chi connectivity index (χ2v) is 4.97. The van der Waals surface area contributed by atoms with Crippen molar-refractivity contribution in [2.24, 2.45) is 5.92 Å². The average Bonchev–Trinajstić information content (AvgIpc) is 2.98. The molecule has 0 bridgehead atoms. The molecule has 1 aliphatic carbocycles. The Kier molecular flexibility index (Phi) is 2.46. The Labute approximate surface area is 96.0 Å². The minimum Gasteiger partial charge on any atom is -0.370 e. The van der Waals surface area contributed by atoms with E-state index in [1.165, 1.54) is 38.0 Å². The summed E-state index contributed by atoms with van der Waals surface area (Å²) in [5.41, 5.74) is 1.33. The van der Waals surface area contributed by atoms with Crippen LogP contribution in [0.2, 0.25) is 0 Å². The number of carbonyl (C=O) groups excluding carboxylic acids is 1. The summed E-state index contributed by atoms with van der Waals surface area (Å²) in [6, 6.07) is 2.63. The van der Waals surface area contributed by atoms with Gasteiger partial charge >= 0.3 is 0 Å². The molecule has 0 N–H and O–H groups in total. The molecular weight excluding hydrogens is 200 g/mol. The van der Waals surface area contributed by atoms with Crippen LogP contribution in [0.15, 0.2) is 18.5 Å². The summed E-state index contributed by atoms with van der Waals surface area (Å²) in [5.74, 6) is 0.265. The molecule has 3 heteroatoms. The standard InChI is InChI=1S/C13H18N2O/c16-10-11-8-13(11)15-7-4-12(9-15)14-5-2-1-3-6-14/h4,7,9-11,13H,1-3,5-6,8H2. The zero-order chi connectivity index (χ0) is 11.0. The first-order valence-corrected chi connectivity index (χ1v) is 6.26. The molecule has 1 aliphatic heterocycles. The molecule has 0 amide bonds. The van der Waals surface area contributed by atoms with E-state index in [0.29, 0.717) is 6.04 Å². The number of carbonyl (C=O) groups is 1. The van der Waals surface area contributed by atoms with Gasteiger partial charge in [0.1, 0.15) is 6.29 Å². The molecule has 16 heavy (non-hydrogen) atoms. The first-order chi connectivity index (χ1) is 7.88. The van der Waals surface area contributed by atoms with Crippen molar-refractivity contribution in [2.45, 2.75) is 31.7 Å². The van der Waals surface area contributed by atoms with Gasteiger partial charge in [0, 0.05) is 37.4 Å². The summed E-state index contributed by atoms with van der Waals surface area (Å²) < 4.78 is 2.21. The first kappa shape index (κ1) is 9.94. The van der Waals surface area contributed by atoms with Crippen molar-refractivity contribution in [1.29, 1.82) is 0 Å². The molecule has 2 heterocycles. The zero-order valence-electron chi connectivity index (χ0n) is 9.51. The van der Waals surface area contributed by atoms with Gasteiger partial charge in [-0.15, -0.1) is 0 Å². The topological polar surface area (TPSA) is 25.2 Å². The maximum absolute atomic E-state index is 10.6. The number of aldehydes is 1. The van der Waals surface area contributed by atoms with Crippen LogP contribution in [-0.4, -0.2) is 23.9 Å². The minimum atomic E-state index is 0.265. The molecule has 1 saturated heterocycles. The number of aromatic nitrogens is 1. The van der Waals surface area contributed by atoms with Crippen molar-refractivity contribution in [2.75, 3.05) is 18.0 Å². The number of hydrogen-bond acceptors (Lipinski definition) is 2. The fourth-order valence-corrected chi connectivity index (χ4v) is 2.64. The number of piperidine rings is 1. The van der Waals surface area contributed by atoms with Crippen LogP contribution >= 0.6 is 0 Å². The average molecular weight is 218 g/mol. The number of nitrogens with zero attached hydrogens (tertiary/aromatic N) is 2. The molecule has 2 aliphatic rings. The van der Waals surface area contributed by atoms with Crippen molar-refractivity contribution in [3.63, 3.8) is 0 Å². The Morgan fingerprint density at radius 3 is 2.75 bits per heavy atom. The van der Waals surface area contributed by atoms with E-state index in [1.807, 2.05) is 0 Å². The van der Waals surface area contributed by atoms with Gasteiger partial charge < -0.3 is 14.3 Å². The molecule has 0 aromatic carbocycles. The van der Waals surface area contributed by atoms with Crippen LogP contribution in [0.25, 0.3) is 0 Å². The highest BCUT2D eigenvalue weighted by Crippen LogP contribution is 2.42. The highest BCUT2D eigenvalue weighted by Gasteiger charge is 2.38. The molecule has 1 aromatic rings. The molecule has 3 rings (SSSR count). The maximum atomic E-state index is 10.6. The second kappa shape index (κ2) is 3.96. The van der Waals surface area contributed by atoms with Crippen LogP contribution in [0.1, 0.15) is 31.7 Å². The second-order valence-electron chi connectivity index (χ2n) is 4.97. The first-order valence-electron chi connectivity index (χ1n) is 6.26. The van der Waals surface area contributed by atoms with E-state index in [-0.39, 0.29) is 5.92 Å². The van der Waals surface area contributed by atoms with E-state index in [0.717, 1.165) is 12.7 Å². The van der Waals surface area contributed by atoms with Gasteiger partial charge in [0.05, 0.1) is 5.69 Å². The van der Waals surface area contributed by atoms with Gasteiger partial charge in [-0.05, 0) is 31.7 Å². The van der Waals surface area contributed by atoms with Crippen molar-refractivity contribution in [3.05, 3.63) is 18.5 Å². The molecule has 1 saturated carbocycles. The van der Waals surface area contributed by atoms with Gasteiger partial charge in [0.2, 0.25) is 0 Å². The van der Waals surface area contributed by atoms with Crippen molar-refractivity contribution < 1.29 is 4.79 Å². The predicted octanol–water partition coefficient (Wildman–Crippen LogP) is 2.24. The summed E-state index contributed by atoms with van der Waals surface area (Å²) in [5, 5.41) is 0. The normalized spacial score (nSPS) is 29.1. The van der Waals surface area contributed by atoms with Crippen LogP contribution in [0.5, 0.6) is 0 Å². The molecule has 2 fully saturated rings. The van der Waals surface area contributed by atoms with E-state index in [1.54, 1.807) is 0 Å². The largest absolute Gasteiger partial charge is 0.370 e. The van der Waals surface area contributed by atoms with Gasteiger partial charge in [-0.25, -0.2) is 0 Å². The number of anilines is 1. The van der Waals surface area contributed by atoms with Gasteiger partial charge in [-0.2, -0.15) is 0 Å². The predicted molar refractivity (Wildman–Crippen MR) is 63.7 cm³/mol. The van der Waals surface area contributed by atoms with E-state index < -0.39 is 0 Å². The van der Waals surface area contributed by atoms with Crippen molar-refractivity contribution >= 4 is 12.0 Å².